The van der Waals surface area contributed by atoms with Crippen LogP contribution in [0.4, 0.5) is 5.69 Å². The van der Waals surface area contributed by atoms with E-state index in [0.717, 1.165) is 6.42 Å². The Balaban J connectivity index is 1.96. The molecule has 1 fully saturated rings. The van der Waals surface area contributed by atoms with Crippen LogP contribution in [0.25, 0.3) is 10.9 Å². The summed E-state index contributed by atoms with van der Waals surface area (Å²) in [4.78, 5) is 25.0. The normalized spacial score (nSPS) is 22.0. The average Bonchev–Trinajstić information content (AvgIpc) is 2.88. The van der Waals surface area contributed by atoms with E-state index in [2.05, 4.69) is 24.0 Å². The highest BCUT2D eigenvalue weighted by atomic mass is 16.6. The largest absolute Gasteiger partial charge is 0.337 e. The predicted octanol–water partition coefficient (Wildman–Crippen LogP) is 2.59. The van der Waals surface area contributed by atoms with Gasteiger partial charge in [-0.05, 0) is 24.3 Å². The van der Waals surface area contributed by atoms with E-state index in [4.69, 9.17) is 0 Å². The minimum absolute atomic E-state index is 0.0386. The van der Waals surface area contributed by atoms with Crippen LogP contribution in [0.3, 0.4) is 0 Å². The predicted molar refractivity (Wildman–Crippen MR) is 81.6 cm³/mol. The van der Waals surface area contributed by atoms with Crippen molar-refractivity contribution in [2.75, 3.05) is 13.1 Å². The molecule has 0 aliphatic carbocycles. The average molecular weight is 302 g/mol. The molecule has 0 saturated carbocycles. The number of likely N-dealkylation sites (tertiary alicyclic amines) is 1. The van der Waals surface area contributed by atoms with Gasteiger partial charge in [0.1, 0.15) is 0 Å². The molecular formula is C15H18N4O3. The number of hydrogen-bond acceptors (Lipinski definition) is 4. The van der Waals surface area contributed by atoms with Gasteiger partial charge in [0.05, 0.1) is 10.4 Å². The van der Waals surface area contributed by atoms with E-state index in [1.54, 1.807) is 11.0 Å². The highest BCUT2D eigenvalue weighted by molar-refractivity contribution is 6.05. The molecule has 1 saturated heterocycles. The van der Waals surface area contributed by atoms with Gasteiger partial charge in [0.2, 0.25) is 0 Å². The zero-order valence-electron chi connectivity index (χ0n) is 12.6. The van der Waals surface area contributed by atoms with Crippen LogP contribution < -0.4 is 0 Å². The number of rotatable bonds is 2. The lowest BCUT2D eigenvalue weighted by Gasteiger charge is -2.34. The molecule has 3 rings (SSSR count). The van der Waals surface area contributed by atoms with E-state index >= 15 is 0 Å². The Labute approximate surface area is 127 Å². The fourth-order valence-corrected chi connectivity index (χ4v) is 3.26. The summed E-state index contributed by atoms with van der Waals surface area (Å²) in [6.45, 7) is 5.66. The molecule has 2 aromatic rings. The lowest BCUT2D eigenvalue weighted by atomic mass is 9.91. The number of amides is 1. The molecule has 7 nitrogen and oxygen atoms in total. The molecular weight excluding hydrogens is 284 g/mol. The molecule has 1 amide bonds. The van der Waals surface area contributed by atoms with E-state index < -0.39 is 4.92 Å². The van der Waals surface area contributed by atoms with Crippen LogP contribution >= 0.6 is 0 Å². The molecule has 1 aliphatic heterocycles. The molecule has 1 aliphatic rings. The minimum atomic E-state index is -0.467. The zero-order valence-corrected chi connectivity index (χ0v) is 12.6. The van der Waals surface area contributed by atoms with Gasteiger partial charge in [-0.25, -0.2) is 0 Å². The second-order valence-electron chi connectivity index (χ2n) is 6.22. The maximum atomic E-state index is 12.7. The van der Waals surface area contributed by atoms with Crippen LogP contribution in [0.2, 0.25) is 0 Å². The second-order valence-corrected chi connectivity index (χ2v) is 6.22. The number of H-pyrrole nitrogens is 1. The monoisotopic (exact) mass is 302 g/mol. The molecule has 22 heavy (non-hydrogen) atoms. The van der Waals surface area contributed by atoms with Gasteiger partial charge in [0.15, 0.2) is 5.69 Å². The minimum Gasteiger partial charge on any atom is -0.337 e. The Morgan fingerprint density at radius 3 is 2.68 bits per heavy atom. The summed E-state index contributed by atoms with van der Waals surface area (Å²) in [6, 6.07) is 4.39. The number of hydrogen-bond donors (Lipinski definition) is 1. The Bertz CT molecular complexity index is 729. The summed E-state index contributed by atoms with van der Waals surface area (Å²) in [5.74, 6) is 0.740. The molecule has 116 valence electrons. The van der Waals surface area contributed by atoms with Gasteiger partial charge in [-0.1, -0.05) is 13.8 Å². The Morgan fingerprint density at radius 1 is 1.36 bits per heavy atom. The van der Waals surface area contributed by atoms with Crippen LogP contribution in [0.5, 0.6) is 0 Å². The first-order valence-corrected chi connectivity index (χ1v) is 7.37. The van der Waals surface area contributed by atoms with Gasteiger partial charge in [-0.3, -0.25) is 20.0 Å². The number of fused-ring (bicyclic) bond motifs is 1. The van der Waals surface area contributed by atoms with Crippen LogP contribution in [0.15, 0.2) is 18.2 Å². The third-order valence-corrected chi connectivity index (χ3v) is 4.12. The van der Waals surface area contributed by atoms with Crippen molar-refractivity contribution >= 4 is 22.5 Å². The number of benzene rings is 1. The number of non-ortho nitro benzene ring substituents is 1. The van der Waals surface area contributed by atoms with Gasteiger partial charge in [0.25, 0.3) is 11.6 Å². The highest BCUT2D eigenvalue weighted by Crippen LogP contribution is 2.26. The van der Waals surface area contributed by atoms with Gasteiger partial charge in [-0.2, -0.15) is 5.10 Å². The topological polar surface area (TPSA) is 92.1 Å². The summed E-state index contributed by atoms with van der Waals surface area (Å²) in [7, 11) is 0. The molecule has 2 atom stereocenters. The molecule has 0 bridgehead atoms. The summed E-state index contributed by atoms with van der Waals surface area (Å²) < 4.78 is 0. The van der Waals surface area contributed by atoms with Crippen LogP contribution in [-0.2, 0) is 0 Å². The molecule has 1 aromatic heterocycles. The smallest absolute Gasteiger partial charge is 0.275 e. The Kier molecular flexibility index (Phi) is 3.56. The van der Waals surface area contributed by atoms with E-state index in [9.17, 15) is 14.9 Å². The summed E-state index contributed by atoms with van der Waals surface area (Å²) in [5.41, 5.74) is 0.857. The number of piperidine rings is 1. The van der Waals surface area contributed by atoms with Crippen molar-refractivity contribution in [1.29, 1.82) is 0 Å². The quantitative estimate of drug-likeness (QED) is 0.681. The molecule has 0 radical (unpaired) electrons. The van der Waals surface area contributed by atoms with Crippen LogP contribution in [-0.4, -0.2) is 39.0 Å². The molecule has 1 aromatic carbocycles. The number of carbonyl (C=O) groups excluding carboxylic acids is 1. The number of nitro benzene ring substituents is 1. The van der Waals surface area contributed by atoms with Gasteiger partial charge < -0.3 is 4.90 Å². The summed E-state index contributed by atoms with van der Waals surface area (Å²) in [6.07, 6.45) is 1.11. The van der Waals surface area contributed by atoms with Crippen molar-refractivity contribution in [2.45, 2.75) is 20.3 Å². The maximum Gasteiger partial charge on any atom is 0.275 e. The number of nitro groups is 1. The Morgan fingerprint density at radius 2 is 2.05 bits per heavy atom. The Hall–Kier alpha value is -2.44. The van der Waals surface area contributed by atoms with Crippen LogP contribution in [0.1, 0.15) is 30.8 Å². The van der Waals surface area contributed by atoms with E-state index in [1.807, 2.05) is 0 Å². The first-order valence-electron chi connectivity index (χ1n) is 7.37. The van der Waals surface area contributed by atoms with Crippen molar-refractivity contribution in [1.82, 2.24) is 15.1 Å². The van der Waals surface area contributed by atoms with Gasteiger partial charge in [0, 0.05) is 30.6 Å². The molecule has 1 N–H and O–H groups in total. The molecule has 2 unspecified atom stereocenters. The SMILES string of the molecule is CC1CC(C)CN(C(=O)c2n[nH]c3ccc([N+](=O)[O-])cc23)C1. The van der Waals surface area contributed by atoms with Crippen molar-refractivity contribution < 1.29 is 9.72 Å². The third kappa shape index (κ3) is 2.54. The lowest BCUT2D eigenvalue weighted by Crippen LogP contribution is -2.42. The van der Waals surface area contributed by atoms with Crippen molar-refractivity contribution in [3.8, 4) is 0 Å². The lowest BCUT2D eigenvalue weighted by molar-refractivity contribution is -0.384. The first-order chi connectivity index (χ1) is 10.5. The standard InChI is InChI=1S/C15H18N4O3/c1-9-5-10(2)8-18(7-9)15(20)14-12-6-11(19(21)22)3-4-13(12)16-17-14/h3-4,6,9-10H,5,7-8H2,1-2H3,(H,16,17). The van der Waals surface area contributed by atoms with E-state index in [0.29, 0.717) is 35.8 Å². The third-order valence-electron chi connectivity index (χ3n) is 4.12. The molecule has 7 heteroatoms. The van der Waals surface area contributed by atoms with E-state index in [1.165, 1.54) is 12.1 Å². The number of aromatic amines is 1. The molecule has 2 heterocycles. The fourth-order valence-electron chi connectivity index (χ4n) is 3.26. The molecule has 0 spiro atoms. The summed E-state index contributed by atoms with van der Waals surface area (Å²) in [5, 5.41) is 18.3. The first kappa shape index (κ1) is 14.5. The number of carbonyl (C=O) groups is 1. The van der Waals surface area contributed by atoms with Gasteiger partial charge in [-0.15, -0.1) is 0 Å². The summed E-state index contributed by atoms with van der Waals surface area (Å²) >= 11 is 0. The highest BCUT2D eigenvalue weighted by Gasteiger charge is 2.28. The number of aromatic nitrogens is 2. The zero-order chi connectivity index (χ0) is 15.9. The second kappa shape index (κ2) is 5.40. The fraction of sp³-hybridized carbons (Fsp3) is 0.467. The van der Waals surface area contributed by atoms with Crippen molar-refractivity contribution in [2.24, 2.45) is 11.8 Å². The number of nitrogens with one attached hydrogen (secondary N) is 1. The van der Waals surface area contributed by atoms with Crippen molar-refractivity contribution in [3.63, 3.8) is 0 Å². The number of nitrogens with zero attached hydrogens (tertiary/aromatic N) is 3. The van der Waals surface area contributed by atoms with Crippen LogP contribution in [0, 0.1) is 22.0 Å². The maximum absolute atomic E-state index is 12.7. The van der Waals surface area contributed by atoms with E-state index in [-0.39, 0.29) is 17.3 Å². The van der Waals surface area contributed by atoms with Gasteiger partial charge >= 0.3 is 0 Å². The van der Waals surface area contributed by atoms with Crippen molar-refractivity contribution in [3.05, 3.63) is 34.0 Å².